The predicted molar refractivity (Wildman–Crippen MR) is 126 cm³/mol. The summed E-state index contributed by atoms with van der Waals surface area (Å²) in [5.74, 6) is 1.10. The van der Waals surface area contributed by atoms with Gasteiger partial charge in [0.05, 0.1) is 12.7 Å². The van der Waals surface area contributed by atoms with E-state index >= 15 is 0 Å². The molecule has 0 aliphatic carbocycles. The van der Waals surface area contributed by atoms with E-state index in [2.05, 4.69) is 0 Å². The molecule has 0 bridgehead atoms. The molecule has 0 unspecified atom stereocenters. The number of methoxy groups -OCH3 is 1. The van der Waals surface area contributed by atoms with Gasteiger partial charge in [-0.1, -0.05) is 23.7 Å². The van der Waals surface area contributed by atoms with E-state index in [-0.39, 0.29) is 5.56 Å². The number of hydrogen-bond acceptors (Lipinski definition) is 6. The molecule has 0 radical (unpaired) electrons. The Hall–Kier alpha value is -4.03. The van der Waals surface area contributed by atoms with E-state index in [0.29, 0.717) is 50.6 Å². The SMILES string of the molecule is COc1ccc2c(-c3cc4ccc(OCc5ccc(Cl)cc5)cc4oc3=O)cc(=O)oc2c1. The zero-order chi connectivity index (χ0) is 22.9. The Bertz CT molecular complexity index is 1600. The van der Waals surface area contributed by atoms with Crippen LogP contribution in [0, 0.1) is 0 Å². The lowest BCUT2D eigenvalue weighted by Gasteiger charge is -2.09. The molecule has 5 aromatic rings. The normalized spacial score (nSPS) is 11.1. The molecular weight excluding hydrogens is 444 g/mol. The molecule has 0 amide bonds. The smallest absolute Gasteiger partial charge is 0.344 e. The largest absolute Gasteiger partial charge is 0.497 e. The second-order valence-corrected chi connectivity index (χ2v) is 7.84. The summed E-state index contributed by atoms with van der Waals surface area (Å²) in [5, 5.41) is 1.95. The molecule has 164 valence electrons. The van der Waals surface area contributed by atoms with Gasteiger partial charge in [-0.05, 0) is 48.0 Å². The first-order valence-electron chi connectivity index (χ1n) is 10.1. The Balaban J connectivity index is 1.52. The molecule has 5 rings (SSSR count). The van der Waals surface area contributed by atoms with Crippen LogP contribution in [0.3, 0.4) is 0 Å². The summed E-state index contributed by atoms with van der Waals surface area (Å²) < 4.78 is 21.9. The summed E-state index contributed by atoms with van der Waals surface area (Å²) in [6, 6.07) is 20.7. The Morgan fingerprint density at radius 2 is 1.55 bits per heavy atom. The molecule has 3 aromatic carbocycles. The van der Waals surface area contributed by atoms with Crippen LogP contribution in [0.4, 0.5) is 0 Å². The highest BCUT2D eigenvalue weighted by Gasteiger charge is 2.15. The Morgan fingerprint density at radius 1 is 0.788 bits per heavy atom. The molecule has 2 heterocycles. The van der Waals surface area contributed by atoms with Crippen LogP contribution in [0.2, 0.25) is 5.02 Å². The molecule has 0 N–H and O–H groups in total. The van der Waals surface area contributed by atoms with Gasteiger partial charge in [0.2, 0.25) is 0 Å². The third kappa shape index (κ3) is 4.21. The highest BCUT2D eigenvalue weighted by Crippen LogP contribution is 2.30. The standard InChI is InChI=1S/C26H17ClO6/c1-30-18-8-9-20-21(13-25(28)32-24(20)11-18)22-10-16-4-7-19(12-23(16)33-26(22)29)31-14-15-2-5-17(27)6-3-15/h2-13H,14H2,1H3. The highest BCUT2D eigenvalue weighted by molar-refractivity contribution is 6.30. The first kappa shape index (κ1) is 20.8. The van der Waals surface area contributed by atoms with Crippen molar-refractivity contribution in [2.24, 2.45) is 0 Å². The maximum absolute atomic E-state index is 12.9. The van der Waals surface area contributed by atoms with Crippen molar-refractivity contribution >= 4 is 33.5 Å². The van der Waals surface area contributed by atoms with Crippen molar-refractivity contribution in [3.05, 3.63) is 104 Å². The molecule has 0 aliphatic heterocycles. The zero-order valence-electron chi connectivity index (χ0n) is 17.5. The first-order chi connectivity index (χ1) is 16.0. The fourth-order valence-corrected chi connectivity index (χ4v) is 3.74. The summed E-state index contributed by atoms with van der Waals surface area (Å²) in [6.45, 7) is 0.347. The zero-order valence-corrected chi connectivity index (χ0v) is 18.2. The summed E-state index contributed by atoms with van der Waals surface area (Å²) in [4.78, 5) is 25.0. The van der Waals surface area contributed by atoms with Crippen molar-refractivity contribution in [3.8, 4) is 22.6 Å². The van der Waals surface area contributed by atoms with Gasteiger partial charge < -0.3 is 18.3 Å². The van der Waals surface area contributed by atoms with Gasteiger partial charge in [-0.3, -0.25) is 0 Å². The lowest BCUT2D eigenvalue weighted by Crippen LogP contribution is -2.06. The molecule has 0 fully saturated rings. The predicted octanol–water partition coefficient (Wildman–Crippen LogP) is 5.81. The molecule has 0 saturated heterocycles. The Morgan fingerprint density at radius 3 is 2.33 bits per heavy atom. The van der Waals surface area contributed by atoms with Crippen LogP contribution in [0.15, 0.2) is 91.2 Å². The van der Waals surface area contributed by atoms with Crippen molar-refractivity contribution < 1.29 is 18.3 Å². The van der Waals surface area contributed by atoms with Gasteiger partial charge in [0, 0.05) is 39.6 Å². The minimum Gasteiger partial charge on any atom is -0.497 e. The molecule has 0 saturated carbocycles. The number of ether oxygens (including phenoxy) is 2. The van der Waals surface area contributed by atoms with Crippen LogP contribution < -0.4 is 20.7 Å². The maximum atomic E-state index is 12.9. The van der Waals surface area contributed by atoms with Gasteiger partial charge in [0.15, 0.2) is 0 Å². The summed E-state index contributed by atoms with van der Waals surface area (Å²) in [5.41, 5.74) is 1.22. The molecule has 33 heavy (non-hydrogen) atoms. The van der Waals surface area contributed by atoms with Crippen LogP contribution in [-0.2, 0) is 6.61 Å². The minimum atomic E-state index is -0.573. The van der Waals surface area contributed by atoms with Crippen LogP contribution in [0.25, 0.3) is 33.1 Å². The van der Waals surface area contributed by atoms with Gasteiger partial charge in [-0.2, -0.15) is 0 Å². The minimum absolute atomic E-state index is 0.264. The van der Waals surface area contributed by atoms with Crippen molar-refractivity contribution in [2.45, 2.75) is 6.61 Å². The molecule has 0 spiro atoms. The molecular formula is C26H17ClO6. The van der Waals surface area contributed by atoms with Crippen molar-refractivity contribution in [3.63, 3.8) is 0 Å². The Labute approximate surface area is 192 Å². The van der Waals surface area contributed by atoms with Crippen molar-refractivity contribution in [1.82, 2.24) is 0 Å². The van der Waals surface area contributed by atoms with Gasteiger partial charge in [0.25, 0.3) is 0 Å². The highest BCUT2D eigenvalue weighted by atomic mass is 35.5. The van der Waals surface area contributed by atoms with E-state index < -0.39 is 11.3 Å². The van der Waals surface area contributed by atoms with Gasteiger partial charge in [-0.25, -0.2) is 9.59 Å². The van der Waals surface area contributed by atoms with E-state index in [9.17, 15) is 9.59 Å². The fraction of sp³-hybridized carbons (Fsp3) is 0.0769. The average molecular weight is 461 g/mol. The van der Waals surface area contributed by atoms with E-state index in [4.69, 9.17) is 29.9 Å². The monoisotopic (exact) mass is 460 g/mol. The van der Waals surface area contributed by atoms with Crippen molar-refractivity contribution in [2.75, 3.05) is 7.11 Å². The third-order valence-corrected chi connectivity index (χ3v) is 5.52. The van der Waals surface area contributed by atoms with Gasteiger partial charge in [0.1, 0.15) is 29.3 Å². The number of benzene rings is 3. The van der Waals surface area contributed by atoms with Crippen LogP contribution >= 0.6 is 11.6 Å². The quantitative estimate of drug-likeness (QED) is 0.308. The van der Waals surface area contributed by atoms with E-state index in [1.54, 1.807) is 54.6 Å². The summed E-state index contributed by atoms with van der Waals surface area (Å²) in [7, 11) is 1.52. The number of rotatable bonds is 5. The molecule has 2 aromatic heterocycles. The van der Waals surface area contributed by atoms with Crippen LogP contribution in [-0.4, -0.2) is 7.11 Å². The number of fused-ring (bicyclic) bond motifs is 2. The summed E-state index contributed by atoms with van der Waals surface area (Å²) >= 11 is 5.91. The number of hydrogen-bond donors (Lipinski definition) is 0. The lowest BCUT2D eigenvalue weighted by atomic mass is 10.0. The maximum Gasteiger partial charge on any atom is 0.344 e. The number of halogens is 1. The van der Waals surface area contributed by atoms with Crippen molar-refractivity contribution in [1.29, 1.82) is 0 Å². The van der Waals surface area contributed by atoms with E-state index in [1.165, 1.54) is 13.2 Å². The van der Waals surface area contributed by atoms with Gasteiger partial charge >= 0.3 is 11.3 Å². The molecule has 7 heteroatoms. The topological polar surface area (TPSA) is 78.9 Å². The lowest BCUT2D eigenvalue weighted by molar-refractivity contribution is 0.306. The molecule has 0 atom stereocenters. The molecule has 6 nitrogen and oxygen atoms in total. The van der Waals surface area contributed by atoms with Gasteiger partial charge in [-0.15, -0.1) is 0 Å². The third-order valence-electron chi connectivity index (χ3n) is 5.27. The Kier molecular flexibility index (Phi) is 5.36. The first-order valence-corrected chi connectivity index (χ1v) is 10.5. The fourth-order valence-electron chi connectivity index (χ4n) is 3.61. The van der Waals surface area contributed by atoms with Crippen LogP contribution in [0.1, 0.15) is 5.56 Å². The van der Waals surface area contributed by atoms with E-state index in [1.807, 2.05) is 12.1 Å². The summed E-state index contributed by atoms with van der Waals surface area (Å²) in [6.07, 6.45) is 0. The average Bonchev–Trinajstić information content (AvgIpc) is 2.82. The van der Waals surface area contributed by atoms with Crippen LogP contribution in [0.5, 0.6) is 11.5 Å². The van der Waals surface area contributed by atoms with E-state index in [0.717, 1.165) is 5.56 Å². The second-order valence-electron chi connectivity index (χ2n) is 7.40. The molecule has 0 aliphatic rings. The second kappa shape index (κ2) is 8.48.